The van der Waals surface area contributed by atoms with Crippen LogP contribution in [0.5, 0.6) is 0 Å². The van der Waals surface area contributed by atoms with Gasteiger partial charge in [-0.1, -0.05) is 12.1 Å². The zero-order valence-electron chi connectivity index (χ0n) is 8.58. The topological polar surface area (TPSA) is 65.0 Å². The summed E-state index contributed by atoms with van der Waals surface area (Å²) in [5, 5.41) is 22.2. The minimum Gasteiger partial charge on any atom is -0.618 e. The maximum atomic E-state index is 11.7. The number of rotatable bonds is 0. The van der Waals surface area contributed by atoms with Crippen LogP contribution in [0.25, 0.3) is 21.9 Å². The SMILES string of the molecule is Cc1nc2c[n+]([O-])c3ccccc3c2n1O. The number of imidazole rings is 1. The lowest BCUT2D eigenvalue weighted by atomic mass is 10.2. The molecule has 3 rings (SSSR count). The molecule has 1 N–H and O–H groups in total. The van der Waals surface area contributed by atoms with Crippen molar-refractivity contribution in [1.82, 2.24) is 9.71 Å². The minimum atomic E-state index is 0.464. The van der Waals surface area contributed by atoms with Gasteiger partial charge in [0.2, 0.25) is 11.7 Å². The summed E-state index contributed by atoms with van der Waals surface area (Å²) in [5.41, 5.74) is 1.58. The third-order valence-corrected chi connectivity index (χ3v) is 2.68. The molecule has 80 valence electrons. The van der Waals surface area contributed by atoms with Gasteiger partial charge in [0.1, 0.15) is 11.3 Å². The van der Waals surface area contributed by atoms with Crippen molar-refractivity contribution in [2.45, 2.75) is 6.92 Å². The fourth-order valence-corrected chi connectivity index (χ4v) is 1.93. The predicted octanol–water partition coefficient (Wildman–Crippen LogP) is 1.37. The lowest BCUT2D eigenvalue weighted by molar-refractivity contribution is -0.575. The van der Waals surface area contributed by atoms with Gasteiger partial charge in [-0.2, -0.15) is 9.46 Å². The van der Waals surface area contributed by atoms with Crippen molar-refractivity contribution in [3.8, 4) is 0 Å². The van der Waals surface area contributed by atoms with Gasteiger partial charge in [-0.25, -0.2) is 4.98 Å². The number of nitrogens with zero attached hydrogens (tertiary/aromatic N) is 3. The molecule has 0 fully saturated rings. The Morgan fingerprint density at radius 2 is 2.12 bits per heavy atom. The van der Waals surface area contributed by atoms with Crippen LogP contribution in [-0.2, 0) is 0 Å². The molecule has 2 aromatic heterocycles. The number of benzene rings is 1. The van der Waals surface area contributed by atoms with Crippen molar-refractivity contribution in [3.63, 3.8) is 0 Å². The number of hydrogen-bond donors (Lipinski definition) is 1. The van der Waals surface area contributed by atoms with Crippen molar-refractivity contribution >= 4 is 21.9 Å². The van der Waals surface area contributed by atoms with E-state index >= 15 is 0 Å². The van der Waals surface area contributed by atoms with Crippen molar-refractivity contribution in [1.29, 1.82) is 0 Å². The standard InChI is InChI=1S/C11H9N3O2/c1-7-12-9-6-13(15)10-5-3-2-4-8(10)11(9)14(7)16/h2-6,16H,1H3. The van der Waals surface area contributed by atoms with E-state index in [0.717, 1.165) is 9.46 Å². The molecule has 3 aromatic rings. The smallest absolute Gasteiger partial charge is 0.226 e. The van der Waals surface area contributed by atoms with E-state index in [4.69, 9.17) is 0 Å². The Balaban J connectivity index is 2.66. The van der Waals surface area contributed by atoms with Gasteiger partial charge in [0.25, 0.3) is 0 Å². The number of hydrogen-bond acceptors (Lipinski definition) is 3. The molecule has 0 atom stereocenters. The molecule has 0 saturated heterocycles. The molecule has 0 unspecified atom stereocenters. The Bertz CT molecular complexity index is 703. The normalized spacial score (nSPS) is 11.3. The highest BCUT2D eigenvalue weighted by Crippen LogP contribution is 2.21. The van der Waals surface area contributed by atoms with Gasteiger partial charge >= 0.3 is 0 Å². The lowest BCUT2D eigenvalue weighted by Crippen LogP contribution is -2.26. The number of para-hydroxylation sites is 1. The zero-order chi connectivity index (χ0) is 11.3. The van der Waals surface area contributed by atoms with Crippen molar-refractivity contribution in [2.24, 2.45) is 0 Å². The molecule has 0 radical (unpaired) electrons. The van der Waals surface area contributed by atoms with Crippen LogP contribution in [-0.4, -0.2) is 14.9 Å². The van der Waals surface area contributed by atoms with Crippen LogP contribution in [0.15, 0.2) is 30.5 Å². The number of pyridine rings is 1. The number of aromatic nitrogens is 3. The highest BCUT2D eigenvalue weighted by Gasteiger charge is 2.15. The molecule has 2 heterocycles. The molecule has 0 saturated carbocycles. The molecule has 0 aliphatic carbocycles. The molecule has 0 spiro atoms. The Hall–Kier alpha value is -2.30. The zero-order valence-corrected chi connectivity index (χ0v) is 8.58. The summed E-state index contributed by atoms with van der Waals surface area (Å²) in [5.74, 6) is 0.464. The fourth-order valence-electron chi connectivity index (χ4n) is 1.93. The number of aryl methyl sites for hydroxylation is 1. The van der Waals surface area contributed by atoms with Crippen LogP contribution < -0.4 is 4.73 Å². The molecule has 0 aliphatic heterocycles. The first-order valence-corrected chi connectivity index (χ1v) is 4.87. The van der Waals surface area contributed by atoms with Crippen LogP contribution in [0.1, 0.15) is 5.82 Å². The summed E-state index contributed by atoms with van der Waals surface area (Å²) in [4.78, 5) is 4.12. The molecular formula is C11H9N3O2. The van der Waals surface area contributed by atoms with E-state index in [1.165, 1.54) is 6.20 Å². The highest BCUT2D eigenvalue weighted by molar-refractivity contribution is 6.00. The van der Waals surface area contributed by atoms with Gasteiger partial charge in [-0.05, 0) is 13.0 Å². The summed E-state index contributed by atoms with van der Waals surface area (Å²) in [7, 11) is 0. The Labute approximate surface area is 90.7 Å². The Kier molecular flexibility index (Phi) is 1.60. The van der Waals surface area contributed by atoms with Crippen molar-refractivity contribution in [3.05, 3.63) is 41.5 Å². The van der Waals surface area contributed by atoms with Crippen molar-refractivity contribution in [2.75, 3.05) is 0 Å². The molecule has 0 amide bonds. The number of fused-ring (bicyclic) bond motifs is 3. The molecule has 5 heteroatoms. The Morgan fingerprint density at radius 3 is 2.94 bits per heavy atom. The van der Waals surface area contributed by atoms with Crippen LogP contribution in [0, 0.1) is 12.1 Å². The molecule has 16 heavy (non-hydrogen) atoms. The maximum Gasteiger partial charge on any atom is 0.226 e. The van der Waals surface area contributed by atoms with Crippen LogP contribution in [0.2, 0.25) is 0 Å². The molecule has 1 aromatic carbocycles. The predicted molar refractivity (Wildman–Crippen MR) is 58.1 cm³/mol. The van der Waals surface area contributed by atoms with E-state index in [9.17, 15) is 10.4 Å². The fraction of sp³-hybridized carbons (Fsp3) is 0.0909. The second kappa shape index (κ2) is 2.85. The summed E-state index contributed by atoms with van der Waals surface area (Å²) < 4.78 is 1.78. The van der Waals surface area contributed by atoms with Gasteiger partial charge in [-0.3, -0.25) is 0 Å². The van der Waals surface area contributed by atoms with E-state index in [2.05, 4.69) is 4.98 Å². The second-order valence-corrected chi connectivity index (χ2v) is 3.68. The summed E-state index contributed by atoms with van der Waals surface area (Å²) >= 11 is 0. The van der Waals surface area contributed by atoms with Gasteiger partial charge < -0.3 is 10.4 Å². The lowest BCUT2D eigenvalue weighted by Gasteiger charge is -2.02. The maximum absolute atomic E-state index is 11.7. The van der Waals surface area contributed by atoms with Crippen LogP contribution in [0.4, 0.5) is 0 Å². The quantitative estimate of drug-likeness (QED) is 0.350. The van der Waals surface area contributed by atoms with Gasteiger partial charge in [0, 0.05) is 6.07 Å². The first-order valence-electron chi connectivity index (χ1n) is 4.87. The summed E-state index contributed by atoms with van der Waals surface area (Å²) in [6.07, 6.45) is 1.37. The van der Waals surface area contributed by atoms with E-state index in [1.807, 2.05) is 6.07 Å². The highest BCUT2D eigenvalue weighted by atomic mass is 16.5. The van der Waals surface area contributed by atoms with Crippen molar-refractivity contribution < 1.29 is 9.94 Å². The average Bonchev–Trinajstić information content (AvgIpc) is 2.55. The molecule has 0 bridgehead atoms. The summed E-state index contributed by atoms with van der Waals surface area (Å²) in [6, 6.07) is 7.11. The van der Waals surface area contributed by atoms with E-state index in [-0.39, 0.29) is 0 Å². The first kappa shape index (κ1) is 8.96. The average molecular weight is 215 g/mol. The molecule has 0 aliphatic rings. The van der Waals surface area contributed by atoms with Crippen LogP contribution >= 0.6 is 0 Å². The van der Waals surface area contributed by atoms with E-state index in [0.29, 0.717) is 27.8 Å². The third-order valence-electron chi connectivity index (χ3n) is 2.68. The van der Waals surface area contributed by atoms with Gasteiger partial charge in [-0.15, -0.1) is 0 Å². The molecule has 5 nitrogen and oxygen atoms in total. The van der Waals surface area contributed by atoms with E-state index < -0.39 is 0 Å². The van der Waals surface area contributed by atoms with Crippen LogP contribution in [0.3, 0.4) is 0 Å². The third kappa shape index (κ3) is 0.995. The monoisotopic (exact) mass is 215 g/mol. The van der Waals surface area contributed by atoms with E-state index in [1.54, 1.807) is 25.1 Å². The second-order valence-electron chi connectivity index (χ2n) is 3.68. The Morgan fingerprint density at radius 1 is 1.38 bits per heavy atom. The minimum absolute atomic E-state index is 0.464. The largest absolute Gasteiger partial charge is 0.618 e. The first-order chi connectivity index (χ1) is 7.68. The summed E-state index contributed by atoms with van der Waals surface area (Å²) in [6.45, 7) is 1.68. The molecular weight excluding hydrogens is 206 g/mol. The van der Waals surface area contributed by atoms with Gasteiger partial charge in [0.15, 0.2) is 5.52 Å². The van der Waals surface area contributed by atoms with Gasteiger partial charge in [0.05, 0.1) is 5.39 Å².